The van der Waals surface area contributed by atoms with Crippen molar-refractivity contribution in [3.05, 3.63) is 0 Å². The molecule has 1 N–H and O–H groups in total. The molecule has 0 aromatic heterocycles. The van der Waals surface area contributed by atoms with E-state index in [1.165, 1.54) is 38.5 Å². The maximum atomic E-state index is 11.8. The summed E-state index contributed by atoms with van der Waals surface area (Å²) in [5.41, 5.74) is -0.535. The third-order valence-electron chi connectivity index (χ3n) is 3.91. The Morgan fingerprint density at radius 2 is 1.35 bits per heavy atom. The molecule has 0 aliphatic rings. The van der Waals surface area contributed by atoms with Crippen LogP contribution in [0.2, 0.25) is 0 Å². The predicted molar refractivity (Wildman–Crippen MR) is 88.2 cm³/mol. The van der Waals surface area contributed by atoms with E-state index in [9.17, 15) is 14.7 Å². The van der Waals surface area contributed by atoms with Crippen LogP contribution in [0, 0.1) is 5.41 Å². The Labute approximate surface area is 164 Å². The van der Waals surface area contributed by atoms with Crippen LogP contribution in [0.1, 0.15) is 91.9 Å². The number of carbonyl (C=O) groups is 2. The van der Waals surface area contributed by atoms with Crippen molar-refractivity contribution in [3.8, 4) is 0 Å². The summed E-state index contributed by atoms with van der Waals surface area (Å²) >= 11 is 0. The van der Waals surface area contributed by atoms with Crippen LogP contribution < -0.4 is 40.0 Å². The summed E-state index contributed by atoms with van der Waals surface area (Å²) < 4.78 is 0. The normalized spacial score (nSPS) is 12.3. The Balaban J connectivity index is 0. The SMILES string of the molecule is CCCCCCCCCCCC(=O)N[C@H](C(=O)[O-])C(C)(C)C.[Na+]. The monoisotopic (exact) mass is 335 g/mol. The number of aliphatic carboxylic acids is 1. The fourth-order valence-electron chi connectivity index (χ4n) is 2.46. The molecule has 0 spiro atoms. The van der Waals surface area contributed by atoms with Crippen LogP contribution in [0.15, 0.2) is 0 Å². The minimum Gasteiger partial charge on any atom is -0.548 e. The van der Waals surface area contributed by atoms with Crippen molar-refractivity contribution in [2.75, 3.05) is 0 Å². The summed E-state index contributed by atoms with van der Waals surface area (Å²) in [6.07, 6.45) is 11.2. The standard InChI is InChI=1S/C18H35NO3.Na/c1-5-6-7-8-9-10-11-12-13-14-15(20)19-16(17(21)22)18(2,3)4;/h16H,5-14H2,1-4H3,(H,19,20)(H,21,22);/q;+1/p-1/t16-;/m1./s1. The molecule has 0 rings (SSSR count). The van der Waals surface area contributed by atoms with Crippen LogP contribution in [-0.2, 0) is 9.59 Å². The maximum Gasteiger partial charge on any atom is 1.00 e. The van der Waals surface area contributed by atoms with Crippen LogP contribution in [0.3, 0.4) is 0 Å². The summed E-state index contributed by atoms with van der Waals surface area (Å²) in [6, 6.07) is -0.932. The van der Waals surface area contributed by atoms with E-state index in [0.717, 1.165) is 19.3 Å². The van der Waals surface area contributed by atoms with Crippen LogP contribution in [0.4, 0.5) is 0 Å². The van der Waals surface area contributed by atoms with Gasteiger partial charge < -0.3 is 15.2 Å². The fourth-order valence-corrected chi connectivity index (χ4v) is 2.46. The zero-order chi connectivity index (χ0) is 17.0. The maximum absolute atomic E-state index is 11.8. The van der Waals surface area contributed by atoms with Crippen molar-refractivity contribution in [1.29, 1.82) is 0 Å². The number of nitrogens with one attached hydrogen (secondary N) is 1. The van der Waals surface area contributed by atoms with Gasteiger partial charge in [-0.05, 0) is 11.8 Å². The second kappa shape index (κ2) is 14.3. The molecule has 0 bridgehead atoms. The molecule has 0 aromatic rings. The molecular formula is C18H34NNaO3. The second-order valence-electron chi connectivity index (χ2n) is 7.26. The number of carboxylic acid groups (broad SMARTS) is 1. The van der Waals surface area contributed by atoms with E-state index in [-0.39, 0.29) is 35.5 Å². The minimum atomic E-state index is -1.21. The molecule has 0 aliphatic heterocycles. The largest absolute Gasteiger partial charge is 1.00 e. The van der Waals surface area contributed by atoms with Gasteiger partial charge in [0.15, 0.2) is 0 Å². The van der Waals surface area contributed by atoms with Gasteiger partial charge in [0.25, 0.3) is 0 Å². The Hall–Kier alpha value is -0.0600. The average Bonchev–Trinajstić information content (AvgIpc) is 2.41. The first kappa shape index (κ1) is 25.2. The Morgan fingerprint density at radius 1 is 0.913 bits per heavy atom. The summed E-state index contributed by atoms with van der Waals surface area (Å²) in [7, 11) is 0. The summed E-state index contributed by atoms with van der Waals surface area (Å²) in [6.45, 7) is 7.57. The zero-order valence-electron chi connectivity index (χ0n) is 15.9. The smallest absolute Gasteiger partial charge is 0.548 e. The zero-order valence-corrected chi connectivity index (χ0v) is 17.9. The molecule has 0 unspecified atom stereocenters. The van der Waals surface area contributed by atoms with E-state index in [2.05, 4.69) is 12.2 Å². The van der Waals surface area contributed by atoms with E-state index in [1.54, 1.807) is 20.8 Å². The van der Waals surface area contributed by atoms with Crippen molar-refractivity contribution in [3.63, 3.8) is 0 Å². The number of hydrogen-bond donors (Lipinski definition) is 1. The van der Waals surface area contributed by atoms with Crippen LogP contribution in [0.25, 0.3) is 0 Å². The third-order valence-corrected chi connectivity index (χ3v) is 3.91. The third kappa shape index (κ3) is 14.0. The number of hydrogen-bond acceptors (Lipinski definition) is 3. The van der Waals surface area contributed by atoms with Gasteiger partial charge in [-0.15, -0.1) is 0 Å². The van der Waals surface area contributed by atoms with Gasteiger partial charge in [-0.2, -0.15) is 0 Å². The van der Waals surface area contributed by atoms with Gasteiger partial charge in [-0.1, -0.05) is 79.1 Å². The van der Waals surface area contributed by atoms with E-state index in [1.807, 2.05) is 0 Å². The van der Waals surface area contributed by atoms with E-state index in [4.69, 9.17) is 0 Å². The van der Waals surface area contributed by atoms with E-state index >= 15 is 0 Å². The molecule has 0 radical (unpaired) electrons. The molecule has 0 saturated heterocycles. The first-order valence-corrected chi connectivity index (χ1v) is 8.79. The molecular weight excluding hydrogens is 301 g/mol. The molecule has 5 heteroatoms. The van der Waals surface area contributed by atoms with Crippen molar-refractivity contribution < 1.29 is 44.3 Å². The van der Waals surface area contributed by atoms with Crippen molar-refractivity contribution >= 4 is 11.9 Å². The van der Waals surface area contributed by atoms with Crippen LogP contribution in [0.5, 0.6) is 0 Å². The molecule has 0 aromatic carbocycles. The molecule has 1 atom stereocenters. The quantitative estimate of drug-likeness (QED) is 0.409. The molecule has 130 valence electrons. The van der Waals surface area contributed by atoms with E-state index < -0.39 is 17.4 Å². The fraction of sp³-hybridized carbons (Fsp3) is 0.889. The van der Waals surface area contributed by atoms with E-state index in [0.29, 0.717) is 6.42 Å². The number of carbonyl (C=O) groups excluding carboxylic acids is 2. The van der Waals surface area contributed by atoms with Crippen molar-refractivity contribution in [2.24, 2.45) is 5.41 Å². The van der Waals surface area contributed by atoms with Gasteiger partial charge in [0.2, 0.25) is 5.91 Å². The van der Waals surface area contributed by atoms with Gasteiger partial charge >= 0.3 is 29.6 Å². The van der Waals surface area contributed by atoms with Crippen LogP contribution in [-0.4, -0.2) is 17.9 Å². The van der Waals surface area contributed by atoms with Gasteiger partial charge in [0, 0.05) is 6.42 Å². The number of amides is 1. The van der Waals surface area contributed by atoms with Gasteiger partial charge in [0.1, 0.15) is 0 Å². The Morgan fingerprint density at radius 3 is 1.74 bits per heavy atom. The average molecular weight is 335 g/mol. The van der Waals surface area contributed by atoms with Gasteiger partial charge in [-0.25, -0.2) is 0 Å². The van der Waals surface area contributed by atoms with Gasteiger partial charge in [0.05, 0.1) is 12.0 Å². The molecule has 0 saturated carbocycles. The first-order chi connectivity index (χ1) is 10.3. The number of carboxylic acids is 1. The number of rotatable bonds is 12. The molecule has 4 nitrogen and oxygen atoms in total. The van der Waals surface area contributed by atoms with Crippen molar-refractivity contribution in [2.45, 2.75) is 97.9 Å². The van der Waals surface area contributed by atoms with Crippen LogP contribution >= 0.6 is 0 Å². The second-order valence-corrected chi connectivity index (χ2v) is 7.26. The Bertz CT molecular complexity index is 327. The topological polar surface area (TPSA) is 69.2 Å². The predicted octanol–water partition coefficient (Wildman–Crippen LogP) is 0.192. The summed E-state index contributed by atoms with van der Waals surface area (Å²) in [5, 5.41) is 13.7. The molecule has 0 fully saturated rings. The molecule has 23 heavy (non-hydrogen) atoms. The molecule has 1 amide bonds. The summed E-state index contributed by atoms with van der Waals surface area (Å²) in [4.78, 5) is 22.9. The van der Waals surface area contributed by atoms with Gasteiger partial charge in [-0.3, -0.25) is 4.79 Å². The Kier molecular flexibility index (Phi) is 15.7. The molecule has 0 heterocycles. The minimum absolute atomic E-state index is 0. The summed E-state index contributed by atoms with van der Waals surface area (Å²) in [5.74, 6) is -1.40. The first-order valence-electron chi connectivity index (χ1n) is 8.79. The van der Waals surface area contributed by atoms with Crippen molar-refractivity contribution in [1.82, 2.24) is 5.32 Å². The molecule has 0 aliphatic carbocycles. The number of unbranched alkanes of at least 4 members (excludes halogenated alkanes) is 8.